The van der Waals surface area contributed by atoms with Gasteiger partial charge in [-0.25, -0.2) is 4.98 Å². The molecule has 0 radical (unpaired) electrons. The van der Waals surface area contributed by atoms with E-state index in [1.807, 2.05) is 78.9 Å². The Kier molecular flexibility index (Phi) is 3.60. The average Bonchev–Trinajstić information content (AvgIpc) is 3.54. The van der Waals surface area contributed by atoms with Crippen LogP contribution >= 0.6 is 0 Å². The van der Waals surface area contributed by atoms with Crippen molar-refractivity contribution < 1.29 is 13.7 Å². The van der Waals surface area contributed by atoms with Crippen LogP contribution in [0, 0.1) is 0 Å². The number of aromatic nitrogens is 2. The van der Waals surface area contributed by atoms with Crippen LogP contribution in [0.4, 0.5) is 0 Å². The molecular formula is C39H26N2. The van der Waals surface area contributed by atoms with Crippen molar-refractivity contribution in [2.24, 2.45) is 0 Å². The lowest BCUT2D eigenvalue weighted by Gasteiger charge is -2.19. The number of fused-ring (bicyclic) bond motifs is 3. The summed E-state index contributed by atoms with van der Waals surface area (Å²) < 4.78 is 87.7. The summed E-state index contributed by atoms with van der Waals surface area (Å²) in [5.74, 6) is 0.603. The summed E-state index contributed by atoms with van der Waals surface area (Å²) in [5, 5.41) is 2.38. The van der Waals surface area contributed by atoms with Crippen molar-refractivity contribution in [2.75, 3.05) is 0 Å². The SMILES string of the molecule is [2H]c1c([2H])c([2H])c(-c2ccc3c(-c4nc5ccccc5n4-c4ccccc4)c4ccccc4c(-c4c([2H])c([2H])c([2H])c([2H])c4[2H])c3c2)c([2H])c1[2H]. The molecular weight excluding hydrogens is 496 g/mol. The molecule has 7 aromatic carbocycles. The Bertz CT molecular complexity index is 2700. The fourth-order valence-corrected chi connectivity index (χ4v) is 5.65. The molecule has 1 heterocycles. The van der Waals surface area contributed by atoms with E-state index in [1.54, 1.807) is 18.2 Å². The van der Waals surface area contributed by atoms with Crippen molar-refractivity contribution in [1.29, 1.82) is 0 Å². The van der Waals surface area contributed by atoms with Crippen LogP contribution in [0.1, 0.15) is 13.7 Å². The number of hydrogen-bond acceptors (Lipinski definition) is 1. The maximum atomic E-state index is 9.01. The summed E-state index contributed by atoms with van der Waals surface area (Å²) >= 11 is 0. The van der Waals surface area contributed by atoms with E-state index in [2.05, 4.69) is 4.57 Å². The molecule has 1 aromatic heterocycles. The topological polar surface area (TPSA) is 17.8 Å². The molecule has 0 aliphatic carbocycles. The van der Waals surface area contributed by atoms with Crippen molar-refractivity contribution >= 4 is 32.6 Å². The van der Waals surface area contributed by atoms with Gasteiger partial charge in [0.25, 0.3) is 0 Å². The summed E-state index contributed by atoms with van der Waals surface area (Å²) in [5.41, 5.74) is 3.84. The van der Waals surface area contributed by atoms with Gasteiger partial charge in [-0.1, -0.05) is 127 Å². The molecule has 2 heteroatoms. The number of benzene rings is 7. The van der Waals surface area contributed by atoms with Gasteiger partial charge in [-0.05, 0) is 74.1 Å². The van der Waals surface area contributed by atoms with E-state index in [-0.39, 0.29) is 35.3 Å². The smallest absolute Gasteiger partial charge is 0.146 e. The lowest BCUT2D eigenvalue weighted by Crippen LogP contribution is -1.99. The molecule has 8 aromatic rings. The van der Waals surface area contributed by atoms with Crippen molar-refractivity contribution in [3.8, 4) is 39.3 Å². The highest BCUT2D eigenvalue weighted by Gasteiger charge is 2.22. The van der Waals surface area contributed by atoms with Gasteiger partial charge in [-0.3, -0.25) is 4.57 Å². The summed E-state index contributed by atoms with van der Waals surface area (Å²) in [6.07, 6.45) is 0. The maximum Gasteiger partial charge on any atom is 0.146 e. The summed E-state index contributed by atoms with van der Waals surface area (Å²) in [6, 6.07) is 25.7. The van der Waals surface area contributed by atoms with Crippen LogP contribution in [0.25, 0.3) is 71.9 Å². The standard InChI is InChI=1S/C39H26N2/c1-4-14-27(15-5-1)29-24-25-33-34(26-29)37(28-16-6-2-7-17-28)31-20-10-11-21-32(31)38(33)39-40-35-22-12-13-23-36(35)41(39)30-18-8-3-9-19-30/h1-26H/i1D,2D,4D,5D,6D,7D,14D,15D,16D,17D. The molecule has 0 atom stereocenters. The molecule has 0 fully saturated rings. The fraction of sp³-hybridized carbons (Fsp3) is 0. The minimum absolute atomic E-state index is 0.0106. The van der Waals surface area contributed by atoms with Gasteiger partial charge in [0.15, 0.2) is 0 Å². The Hall–Kier alpha value is -5.47. The zero-order valence-corrected chi connectivity index (χ0v) is 21.6. The molecule has 0 spiro atoms. The lowest BCUT2D eigenvalue weighted by atomic mass is 9.86. The van der Waals surface area contributed by atoms with Crippen LogP contribution in [0.15, 0.2) is 157 Å². The molecule has 0 amide bonds. The van der Waals surface area contributed by atoms with Crippen LogP contribution in [-0.2, 0) is 0 Å². The first-order valence-electron chi connectivity index (χ1n) is 18.2. The zero-order chi connectivity index (χ0) is 35.9. The van der Waals surface area contributed by atoms with E-state index >= 15 is 0 Å². The summed E-state index contributed by atoms with van der Waals surface area (Å²) in [6.45, 7) is 0. The zero-order valence-electron chi connectivity index (χ0n) is 31.6. The van der Waals surface area contributed by atoms with Crippen LogP contribution in [-0.4, -0.2) is 9.55 Å². The molecule has 0 aliphatic rings. The van der Waals surface area contributed by atoms with Gasteiger partial charge in [0.05, 0.1) is 24.7 Å². The van der Waals surface area contributed by atoms with Crippen LogP contribution in [0.3, 0.4) is 0 Å². The highest BCUT2D eigenvalue weighted by atomic mass is 15.1. The Morgan fingerprint density at radius 1 is 0.488 bits per heavy atom. The minimum Gasteiger partial charge on any atom is -0.292 e. The minimum atomic E-state index is -0.518. The largest absolute Gasteiger partial charge is 0.292 e. The molecule has 41 heavy (non-hydrogen) atoms. The van der Waals surface area contributed by atoms with Crippen molar-refractivity contribution in [1.82, 2.24) is 9.55 Å². The normalized spacial score (nSPS) is 14.8. The second-order valence-electron chi connectivity index (χ2n) is 9.65. The number of rotatable bonds is 4. The average molecular weight is 533 g/mol. The molecule has 192 valence electrons. The second kappa shape index (κ2) is 9.62. The number of hydrogen-bond donors (Lipinski definition) is 0. The Balaban J connectivity index is 1.61. The predicted octanol–water partition coefficient (Wildman–Crippen LogP) is 10.3. The van der Waals surface area contributed by atoms with Gasteiger partial charge in [0.1, 0.15) is 5.82 Å². The Morgan fingerprint density at radius 2 is 1.10 bits per heavy atom. The van der Waals surface area contributed by atoms with E-state index < -0.39 is 36.3 Å². The van der Waals surface area contributed by atoms with E-state index in [1.165, 1.54) is 0 Å². The number of imidazole rings is 1. The van der Waals surface area contributed by atoms with Gasteiger partial charge >= 0.3 is 0 Å². The molecule has 0 unspecified atom stereocenters. The van der Waals surface area contributed by atoms with Gasteiger partial charge in [0, 0.05) is 11.3 Å². The third-order valence-electron chi connectivity index (χ3n) is 7.36. The maximum absolute atomic E-state index is 9.01. The highest BCUT2D eigenvalue weighted by molar-refractivity contribution is 6.21. The monoisotopic (exact) mass is 532 g/mol. The third kappa shape index (κ3) is 3.84. The highest BCUT2D eigenvalue weighted by Crippen LogP contribution is 2.45. The quantitative estimate of drug-likeness (QED) is 0.206. The number of nitrogens with zero attached hydrogens (tertiary/aromatic N) is 2. The van der Waals surface area contributed by atoms with Gasteiger partial charge in [-0.15, -0.1) is 0 Å². The second-order valence-corrected chi connectivity index (χ2v) is 9.65. The van der Waals surface area contributed by atoms with Crippen LogP contribution < -0.4 is 0 Å². The molecule has 0 aliphatic heterocycles. The summed E-state index contributed by atoms with van der Waals surface area (Å²) in [7, 11) is 0. The van der Waals surface area contributed by atoms with E-state index in [0.717, 1.165) is 22.1 Å². The van der Waals surface area contributed by atoms with Crippen molar-refractivity contribution in [3.05, 3.63) is 157 Å². The Morgan fingerprint density at radius 3 is 1.85 bits per heavy atom. The Labute approximate surface area is 252 Å². The van der Waals surface area contributed by atoms with Gasteiger partial charge in [0.2, 0.25) is 0 Å². The first-order valence-corrected chi connectivity index (χ1v) is 13.2. The van der Waals surface area contributed by atoms with Crippen LogP contribution in [0.2, 0.25) is 0 Å². The molecule has 0 N–H and O–H groups in total. The van der Waals surface area contributed by atoms with E-state index in [4.69, 9.17) is 18.7 Å². The molecule has 2 nitrogen and oxygen atoms in total. The fourth-order valence-electron chi connectivity index (χ4n) is 5.65. The van der Waals surface area contributed by atoms with Gasteiger partial charge in [-0.2, -0.15) is 0 Å². The van der Waals surface area contributed by atoms with Gasteiger partial charge < -0.3 is 0 Å². The van der Waals surface area contributed by atoms with Crippen molar-refractivity contribution in [2.45, 2.75) is 0 Å². The molecule has 8 rings (SSSR count). The summed E-state index contributed by atoms with van der Waals surface area (Å²) in [4.78, 5) is 5.15. The van der Waals surface area contributed by atoms with Crippen LogP contribution in [0.5, 0.6) is 0 Å². The molecule has 0 saturated carbocycles. The first-order chi connectivity index (χ1) is 24.5. The molecule has 0 bridgehead atoms. The molecule has 0 saturated heterocycles. The number of para-hydroxylation sites is 3. The third-order valence-corrected chi connectivity index (χ3v) is 7.36. The lowest BCUT2D eigenvalue weighted by molar-refractivity contribution is 1.11. The van der Waals surface area contributed by atoms with Crippen molar-refractivity contribution in [3.63, 3.8) is 0 Å². The first kappa shape index (κ1) is 15.4. The predicted molar refractivity (Wildman–Crippen MR) is 172 cm³/mol. The van der Waals surface area contributed by atoms with E-state index in [0.29, 0.717) is 38.7 Å². The van der Waals surface area contributed by atoms with E-state index in [9.17, 15) is 0 Å².